The highest BCUT2D eigenvalue weighted by molar-refractivity contribution is 7.11. The summed E-state index contributed by atoms with van der Waals surface area (Å²) in [5.41, 5.74) is 0.609. The van der Waals surface area contributed by atoms with Gasteiger partial charge in [0, 0.05) is 28.6 Å². The molecule has 1 aliphatic rings. The monoisotopic (exact) mass is 224 g/mol. The van der Waals surface area contributed by atoms with Crippen LogP contribution < -0.4 is 5.32 Å². The highest BCUT2D eigenvalue weighted by Gasteiger charge is 2.41. The molecule has 0 aromatic carbocycles. The highest BCUT2D eigenvalue weighted by atomic mass is 32.1. The summed E-state index contributed by atoms with van der Waals surface area (Å²) >= 11 is 1.87. The molecule has 3 heteroatoms. The lowest BCUT2D eigenvalue weighted by Crippen LogP contribution is -2.34. The van der Waals surface area contributed by atoms with Crippen molar-refractivity contribution in [2.75, 3.05) is 0 Å². The maximum atomic E-state index is 4.53. The van der Waals surface area contributed by atoms with Gasteiger partial charge in [-0.25, -0.2) is 4.98 Å². The fourth-order valence-electron chi connectivity index (χ4n) is 1.42. The van der Waals surface area contributed by atoms with Crippen LogP contribution in [0.3, 0.4) is 0 Å². The molecule has 1 aromatic heterocycles. The van der Waals surface area contributed by atoms with Gasteiger partial charge in [-0.3, -0.25) is 0 Å². The molecule has 0 amide bonds. The van der Waals surface area contributed by atoms with E-state index in [-0.39, 0.29) is 5.54 Å². The van der Waals surface area contributed by atoms with Gasteiger partial charge in [-0.05, 0) is 33.6 Å². The topological polar surface area (TPSA) is 24.9 Å². The van der Waals surface area contributed by atoms with Crippen molar-refractivity contribution >= 4 is 11.3 Å². The van der Waals surface area contributed by atoms with E-state index in [0.29, 0.717) is 5.41 Å². The molecule has 1 aromatic rings. The van der Waals surface area contributed by atoms with Gasteiger partial charge in [-0.15, -0.1) is 11.3 Å². The smallest absolute Gasteiger partial charge is 0.0987 e. The molecule has 0 saturated heterocycles. The zero-order valence-corrected chi connectivity index (χ0v) is 10.9. The Morgan fingerprint density at radius 1 is 1.47 bits per heavy atom. The summed E-state index contributed by atoms with van der Waals surface area (Å²) in [6.07, 6.45) is 4.65. The van der Waals surface area contributed by atoms with Crippen LogP contribution in [0.15, 0.2) is 6.20 Å². The molecular weight excluding hydrogens is 204 g/mol. The Balaban J connectivity index is 1.96. The zero-order valence-electron chi connectivity index (χ0n) is 10.1. The van der Waals surface area contributed by atoms with Gasteiger partial charge >= 0.3 is 0 Å². The number of hydrogen-bond donors (Lipinski definition) is 1. The van der Waals surface area contributed by atoms with E-state index in [9.17, 15) is 0 Å². The summed E-state index contributed by atoms with van der Waals surface area (Å²) < 4.78 is 0. The van der Waals surface area contributed by atoms with Crippen molar-refractivity contribution in [1.29, 1.82) is 0 Å². The van der Waals surface area contributed by atoms with Gasteiger partial charge in [-0.1, -0.05) is 6.92 Å². The van der Waals surface area contributed by atoms with Crippen molar-refractivity contribution in [2.24, 2.45) is 0 Å². The van der Waals surface area contributed by atoms with Crippen molar-refractivity contribution in [2.45, 2.75) is 58.0 Å². The van der Waals surface area contributed by atoms with Gasteiger partial charge in [0.05, 0.1) is 5.01 Å². The number of thiazole rings is 1. The number of aromatic nitrogens is 1. The molecule has 2 rings (SSSR count). The standard InChI is InChI=1S/C12H20N2S/c1-11(2,3)14-8-9-7-13-10(15-9)12(4)5-6-12/h7,14H,5-6,8H2,1-4H3. The molecule has 0 radical (unpaired) electrons. The van der Waals surface area contributed by atoms with Crippen molar-refractivity contribution in [1.82, 2.24) is 10.3 Å². The lowest BCUT2D eigenvalue weighted by atomic mass is 10.1. The summed E-state index contributed by atoms with van der Waals surface area (Å²) in [6.45, 7) is 9.83. The first-order valence-electron chi connectivity index (χ1n) is 5.59. The van der Waals surface area contributed by atoms with E-state index in [1.165, 1.54) is 22.7 Å². The average Bonchev–Trinajstić information content (AvgIpc) is 2.70. The van der Waals surface area contributed by atoms with Crippen LogP contribution in [-0.2, 0) is 12.0 Å². The Labute approximate surface area is 96.1 Å². The summed E-state index contributed by atoms with van der Waals surface area (Å²) in [6, 6.07) is 0. The maximum Gasteiger partial charge on any atom is 0.0987 e. The second kappa shape index (κ2) is 3.56. The van der Waals surface area contributed by atoms with Crippen molar-refractivity contribution in [3.63, 3.8) is 0 Å². The third kappa shape index (κ3) is 2.79. The minimum absolute atomic E-state index is 0.188. The number of rotatable bonds is 3. The molecule has 15 heavy (non-hydrogen) atoms. The fourth-order valence-corrected chi connectivity index (χ4v) is 2.48. The molecule has 1 fully saturated rings. The van der Waals surface area contributed by atoms with Crippen LogP contribution in [0.25, 0.3) is 0 Å². The SMILES string of the molecule is CC(C)(C)NCc1cnc(C2(C)CC2)s1. The molecule has 1 saturated carbocycles. The highest BCUT2D eigenvalue weighted by Crippen LogP contribution is 2.48. The second-order valence-electron chi connectivity index (χ2n) is 5.80. The molecule has 1 N–H and O–H groups in total. The number of hydrogen-bond acceptors (Lipinski definition) is 3. The first kappa shape index (κ1) is 11.1. The van der Waals surface area contributed by atoms with Gasteiger partial charge < -0.3 is 5.32 Å². The van der Waals surface area contributed by atoms with E-state index in [1.807, 2.05) is 17.5 Å². The maximum absolute atomic E-state index is 4.53. The minimum Gasteiger partial charge on any atom is -0.307 e. The molecule has 0 atom stereocenters. The Morgan fingerprint density at radius 2 is 2.13 bits per heavy atom. The molecular formula is C12H20N2S. The molecule has 0 spiro atoms. The van der Waals surface area contributed by atoms with Crippen LogP contribution in [0.5, 0.6) is 0 Å². The van der Waals surface area contributed by atoms with Crippen LogP contribution in [0.1, 0.15) is 50.4 Å². The van der Waals surface area contributed by atoms with E-state index in [0.717, 1.165) is 6.54 Å². The number of nitrogens with one attached hydrogen (secondary N) is 1. The van der Waals surface area contributed by atoms with Crippen molar-refractivity contribution in [3.8, 4) is 0 Å². The van der Waals surface area contributed by atoms with E-state index < -0.39 is 0 Å². The van der Waals surface area contributed by atoms with E-state index in [2.05, 4.69) is 38.0 Å². The predicted molar refractivity (Wildman–Crippen MR) is 65.3 cm³/mol. The fraction of sp³-hybridized carbons (Fsp3) is 0.750. The first-order chi connectivity index (χ1) is 6.89. The van der Waals surface area contributed by atoms with Gasteiger partial charge in [0.25, 0.3) is 0 Å². The summed E-state index contributed by atoms with van der Waals surface area (Å²) in [7, 11) is 0. The van der Waals surface area contributed by atoms with Crippen molar-refractivity contribution < 1.29 is 0 Å². The van der Waals surface area contributed by atoms with Crippen LogP contribution in [0, 0.1) is 0 Å². The van der Waals surface area contributed by atoms with Gasteiger partial charge in [-0.2, -0.15) is 0 Å². The lowest BCUT2D eigenvalue weighted by Gasteiger charge is -2.19. The van der Waals surface area contributed by atoms with Crippen LogP contribution in [0.4, 0.5) is 0 Å². The molecule has 1 heterocycles. The van der Waals surface area contributed by atoms with Gasteiger partial charge in [0.2, 0.25) is 0 Å². The zero-order chi connectivity index (χ0) is 11.1. The Bertz CT molecular complexity index is 345. The predicted octanol–water partition coefficient (Wildman–Crippen LogP) is 3.08. The molecule has 0 bridgehead atoms. The minimum atomic E-state index is 0.188. The first-order valence-corrected chi connectivity index (χ1v) is 6.41. The molecule has 2 nitrogen and oxygen atoms in total. The van der Waals surface area contributed by atoms with Crippen LogP contribution in [0.2, 0.25) is 0 Å². The third-order valence-electron chi connectivity index (χ3n) is 2.86. The van der Waals surface area contributed by atoms with E-state index in [4.69, 9.17) is 0 Å². The average molecular weight is 224 g/mol. The second-order valence-corrected chi connectivity index (χ2v) is 6.91. The van der Waals surface area contributed by atoms with Crippen LogP contribution >= 0.6 is 11.3 Å². The lowest BCUT2D eigenvalue weighted by molar-refractivity contribution is 0.426. The Hall–Kier alpha value is -0.410. The molecule has 0 unspecified atom stereocenters. The molecule has 0 aliphatic heterocycles. The van der Waals surface area contributed by atoms with E-state index >= 15 is 0 Å². The van der Waals surface area contributed by atoms with Crippen LogP contribution in [-0.4, -0.2) is 10.5 Å². The Kier molecular flexibility index (Phi) is 2.63. The van der Waals surface area contributed by atoms with Gasteiger partial charge in [0.1, 0.15) is 0 Å². The molecule has 1 aliphatic carbocycles. The van der Waals surface area contributed by atoms with Crippen molar-refractivity contribution in [3.05, 3.63) is 16.1 Å². The number of nitrogens with zero attached hydrogens (tertiary/aromatic N) is 1. The quantitative estimate of drug-likeness (QED) is 0.853. The molecule has 84 valence electrons. The largest absolute Gasteiger partial charge is 0.307 e. The summed E-state index contributed by atoms with van der Waals surface area (Å²) in [4.78, 5) is 5.88. The third-order valence-corrected chi connectivity index (χ3v) is 4.17. The van der Waals surface area contributed by atoms with Gasteiger partial charge in [0.15, 0.2) is 0 Å². The summed E-state index contributed by atoms with van der Waals surface area (Å²) in [5, 5.41) is 4.82. The Morgan fingerprint density at radius 3 is 2.67 bits per heavy atom. The van der Waals surface area contributed by atoms with E-state index in [1.54, 1.807) is 0 Å². The normalized spacial score (nSPS) is 19.2. The summed E-state index contributed by atoms with van der Waals surface area (Å²) in [5.74, 6) is 0.